The average Bonchev–Trinajstić information content (AvgIpc) is 2.73. The smallest absolute Gasteiger partial charge is 0.260 e. The van der Waals surface area contributed by atoms with Crippen molar-refractivity contribution in [2.45, 2.75) is 6.92 Å². The highest BCUT2D eigenvalue weighted by Gasteiger charge is 2.22. The summed E-state index contributed by atoms with van der Waals surface area (Å²) in [5, 5.41) is 8.99. The van der Waals surface area contributed by atoms with Gasteiger partial charge in [0.25, 0.3) is 5.91 Å². The van der Waals surface area contributed by atoms with Gasteiger partial charge in [0, 0.05) is 44.6 Å². The summed E-state index contributed by atoms with van der Waals surface area (Å²) in [5.41, 5.74) is 0.484. The predicted molar refractivity (Wildman–Crippen MR) is 98.6 cm³/mol. The van der Waals surface area contributed by atoms with Crippen LogP contribution >= 0.6 is 0 Å². The highest BCUT2D eigenvalue weighted by atomic mass is 16.5. The number of nitrogens with zero attached hydrogens (tertiary/aromatic N) is 5. The van der Waals surface area contributed by atoms with Gasteiger partial charge in [0.05, 0.1) is 24.4 Å². The minimum absolute atomic E-state index is 0.0723. The topological polar surface area (TPSA) is 91.6 Å². The van der Waals surface area contributed by atoms with Crippen LogP contribution < -0.4 is 14.4 Å². The quantitative estimate of drug-likeness (QED) is 0.763. The molecule has 3 rings (SSSR count). The lowest BCUT2D eigenvalue weighted by molar-refractivity contribution is -0.133. The van der Waals surface area contributed by atoms with Crippen molar-refractivity contribution < 1.29 is 14.3 Å². The first-order valence-electron chi connectivity index (χ1n) is 8.79. The summed E-state index contributed by atoms with van der Waals surface area (Å²) in [6.45, 7) is 4.83. The first-order chi connectivity index (χ1) is 13.2. The minimum Gasteiger partial charge on any atom is -0.490 e. The molecule has 1 aliphatic rings. The van der Waals surface area contributed by atoms with Gasteiger partial charge in [-0.05, 0) is 19.1 Å². The number of hydrogen-bond acceptors (Lipinski definition) is 7. The SMILES string of the molecule is CCOc1cc(C#N)ccc1OCC(=O)N1CCN(c2cnccn2)CC1. The average molecular weight is 367 g/mol. The van der Waals surface area contributed by atoms with E-state index >= 15 is 0 Å². The number of aromatic nitrogens is 2. The van der Waals surface area contributed by atoms with E-state index < -0.39 is 0 Å². The molecule has 0 bridgehead atoms. The second kappa shape index (κ2) is 8.85. The fourth-order valence-electron chi connectivity index (χ4n) is 2.84. The van der Waals surface area contributed by atoms with E-state index in [1.54, 1.807) is 41.7 Å². The van der Waals surface area contributed by atoms with E-state index in [1.165, 1.54) is 0 Å². The van der Waals surface area contributed by atoms with Crippen LogP contribution in [-0.2, 0) is 4.79 Å². The fourth-order valence-corrected chi connectivity index (χ4v) is 2.84. The monoisotopic (exact) mass is 367 g/mol. The number of amides is 1. The summed E-state index contributed by atoms with van der Waals surface area (Å²) in [5.74, 6) is 1.67. The molecule has 8 nitrogen and oxygen atoms in total. The minimum atomic E-state index is -0.0828. The zero-order valence-corrected chi connectivity index (χ0v) is 15.2. The summed E-state index contributed by atoms with van der Waals surface area (Å²) in [6, 6.07) is 6.97. The molecular formula is C19H21N5O3. The van der Waals surface area contributed by atoms with Crippen molar-refractivity contribution in [3.8, 4) is 17.6 Å². The van der Waals surface area contributed by atoms with Gasteiger partial charge in [0.1, 0.15) is 5.82 Å². The molecule has 140 valence electrons. The van der Waals surface area contributed by atoms with Gasteiger partial charge in [-0.3, -0.25) is 9.78 Å². The second-order valence-corrected chi connectivity index (χ2v) is 5.93. The first-order valence-corrected chi connectivity index (χ1v) is 8.79. The number of nitriles is 1. The molecule has 0 radical (unpaired) electrons. The molecule has 0 unspecified atom stereocenters. The molecule has 0 saturated carbocycles. The molecule has 1 aliphatic heterocycles. The maximum atomic E-state index is 12.5. The molecule has 8 heteroatoms. The summed E-state index contributed by atoms with van der Waals surface area (Å²) in [4.78, 5) is 24.7. The molecule has 0 N–H and O–H groups in total. The molecule has 2 aromatic rings. The highest BCUT2D eigenvalue weighted by Crippen LogP contribution is 2.28. The molecule has 27 heavy (non-hydrogen) atoms. The van der Waals surface area contributed by atoms with Crippen LogP contribution in [0.25, 0.3) is 0 Å². The summed E-state index contributed by atoms with van der Waals surface area (Å²) >= 11 is 0. The van der Waals surface area contributed by atoms with E-state index in [9.17, 15) is 4.79 Å². The van der Waals surface area contributed by atoms with E-state index in [0.29, 0.717) is 49.8 Å². The lowest BCUT2D eigenvalue weighted by Gasteiger charge is -2.35. The van der Waals surface area contributed by atoms with Crippen molar-refractivity contribution in [1.29, 1.82) is 5.26 Å². The number of carbonyl (C=O) groups excluding carboxylic acids is 1. The Bertz CT molecular complexity index is 814. The zero-order chi connectivity index (χ0) is 19.1. The summed E-state index contributed by atoms with van der Waals surface area (Å²) in [6.07, 6.45) is 5.02. The maximum Gasteiger partial charge on any atom is 0.260 e. The normalized spacial score (nSPS) is 13.8. The van der Waals surface area contributed by atoms with Gasteiger partial charge >= 0.3 is 0 Å². The van der Waals surface area contributed by atoms with Crippen molar-refractivity contribution in [1.82, 2.24) is 14.9 Å². The Morgan fingerprint density at radius 2 is 2.00 bits per heavy atom. The van der Waals surface area contributed by atoms with Crippen molar-refractivity contribution in [3.05, 3.63) is 42.4 Å². The fraction of sp³-hybridized carbons (Fsp3) is 0.368. The molecule has 1 aromatic heterocycles. The third kappa shape index (κ3) is 4.64. The number of piperazine rings is 1. The van der Waals surface area contributed by atoms with Gasteiger partial charge in [-0.25, -0.2) is 4.98 Å². The van der Waals surface area contributed by atoms with E-state index in [-0.39, 0.29) is 12.5 Å². The van der Waals surface area contributed by atoms with Crippen LogP contribution in [0.5, 0.6) is 11.5 Å². The van der Waals surface area contributed by atoms with Crippen LogP contribution in [0.4, 0.5) is 5.82 Å². The van der Waals surface area contributed by atoms with E-state index in [2.05, 4.69) is 20.9 Å². The summed E-state index contributed by atoms with van der Waals surface area (Å²) < 4.78 is 11.2. The van der Waals surface area contributed by atoms with Crippen molar-refractivity contribution in [3.63, 3.8) is 0 Å². The summed E-state index contributed by atoms with van der Waals surface area (Å²) in [7, 11) is 0. The number of benzene rings is 1. The van der Waals surface area contributed by atoms with Gasteiger partial charge in [-0.15, -0.1) is 0 Å². The second-order valence-electron chi connectivity index (χ2n) is 5.93. The van der Waals surface area contributed by atoms with Crippen LogP contribution in [0.1, 0.15) is 12.5 Å². The van der Waals surface area contributed by atoms with E-state index in [1.807, 2.05) is 6.92 Å². The van der Waals surface area contributed by atoms with Crippen molar-refractivity contribution >= 4 is 11.7 Å². The Hall–Kier alpha value is -3.34. The zero-order valence-electron chi connectivity index (χ0n) is 15.2. The van der Waals surface area contributed by atoms with Gasteiger partial charge in [-0.1, -0.05) is 0 Å². The number of ether oxygens (including phenoxy) is 2. The van der Waals surface area contributed by atoms with Gasteiger partial charge < -0.3 is 19.3 Å². The Balaban J connectivity index is 1.54. The standard InChI is InChI=1S/C19H21N5O3/c1-2-26-17-11-15(12-20)3-4-16(17)27-14-19(25)24-9-7-23(8-10-24)18-13-21-5-6-22-18/h3-6,11,13H,2,7-10,14H2,1H3. The van der Waals surface area contributed by atoms with Gasteiger partial charge in [0.15, 0.2) is 18.1 Å². The molecule has 1 saturated heterocycles. The lowest BCUT2D eigenvalue weighted by Crippen LogP contribution is -2.50. The molecule has 2 heterocycles. The molecule has 1 aromatic carbocycles. The molecular weight excluding hydrogens is 346 g/mol. The van der Waals surface area contributed by atoms with E-state index in [0.717, 1.165) is 5.82 Å². The molecule has 1 fully saturated rings. The van der Waals surface area contributed by atoms with Crippen LogP contribution in [0.2, 0.25) is 0 Å². The third-order valence-electron chi connectivity index (χ3n) is 4.23. The van der Waals surface area contributed by atoms with E-state index in [4.69, 9.17) is 14.7 Å². The molecule has 0 spiro atoms. The van der Waals surface area contributed by atoms with Crippen molar-refractivity contribution in [2.75, 3.05) is 44.3 Å². The lowest BCUT2D eigenvalue weighted by atomic mass is 10.2. The maximum absolute atomic E-state index is 12.5. The highest BCUT2D eigenvalue weighted by molar-refractivity contribution is 5.78. The van der Waals surface area contributed by atoms with Crippen LogP contribution in [0, 0.1) is 11.3 Å². The number of carbonyl (C=O) groups is 1. The Morgan fingerprint density at radius 3 is 2.67 bits per heavy atom. The van der Waals surface area contributed by atoms with Gasteiger partial charge in [-0.2, -0.15) is 5.26 Å². The number of rotatable bonds is 6. The largest absolute Gasteiger partial charge is 0.490 e. The predicted octanol–water partition coefficient (Wildman–Crippen LogP) is 1.47. The molecule has 1 amide bonds. The Morgan fingerprint density at radius 1 is 1.19 bits per heavy atom. The van der Waals surface area contributed by atoms with Crippen LogP contribution in [0.3, 0.4) is 0 Å². The third-order valence-corrected chi connectivity index (χ3v) is 4.23. The van der Waals surface area contributed by atoms with Crippen LogP contribution in [0.15, 0.2) is 36.8 Å². The molecule has 0 aliphatic carbocycles. The number of anilines is 1. The molecule has 0 atom stereocenters. The Labute approximate surface area is 158 Å². The van der Waals surface area contributed by atoms with Crippen LogP contribution in [-0.4, -0.2) is 60.2 Å². The number of hydrogen-bond donors (Lipinski definition) is 0. The van der Waals surface area contributed by atoms with Crippen molar-refractivity contribution in [2.24, 2.45) is 0 Å². The Kier molecular flexibility index (Phi) is 6.05. The first kappa shape index (κ1) is 18.5. The van der Waals surface area contributed by atoms with Gasteiger partial charge in [0.2, 0.25) is 0 Å².